The molecular formula is C14H20O3S. The van der Waals surface area contributed by atoms with Gasteiger partial charge in [0.05, 0.1) is 11.5 Å². The highest BCUT2D eigenvalue weighted by Crippen LogP contribution is 2.19. The number of benzene rings is 1. The number of rotatable bonds is 5. The van der Waals surface area contributed by atoms with E-state index in [1.165, 1.54) is 0 Å². The summed E-state index contributed by atoms with van der Waals surface area (Å²) in [5.41, 5.74) is 1.16. The quantitative estimate of drug-likeness (QED) is 0.823. The summed E-state index contributed by atoms with van der Waals surface area (Å²) >= 11 is -1.33. The Labute approximate surface area is 111 Å². The molecule has 1 atom stereocenters. The van der Waals surface area contributed by atoms with Crippen LogP contribution >= 0.6 is 0 Å². The summed E-state index contributed by atoms with van der Waals surface area (Å²) in [4.78, 5) is 0.743. The van der Waals surface area contributed by atoms with Gasteiger partial charge in [0.15, 0.2) is 11.1 Å². The lowest BCUT2D eigenvalue weighted by molar-refractivity contribution is 0.0600. The summed E-state index contributed by atoms with van der Waals surface area (Å²) < 4.78 is 22.6. The molecule has 0 amide bonds. The predicted molar refractivity (Wildman–Crippen MR) is 71.7 cm³/mol. The van der Waals surface area contributed by atoms with Crippen molar-refractivity contribution in [3.63, 3.8) is 0 Å². The molecular weight excluding hydrogens is 248 g/mol. The first-order valence-electron chi connectivity index (χ1n) is 6.45. The van der Waals surface area contributed by atoms with E-state index in [-0.39, 0.29) is 0 Å². The van der Waals surface area contributed by atoms with Crippen LogP contribution in [0.4, 0.5) is 0 Å². The normalized spacial score (nSPS) is 18.7. The fourth-order valence-corrected chi connectivity index (χ4v) is 2.78. The predicted octanol–water partition coefficient (Wildman–Crippen LogP) is 2.85. The van der Waals surface area contributed by atoms with E-state index in [2.05, 4.69) is 0 Å². The van der Waals surface area contributed by atoms with Gasteiger partial charge in [-0.25, -0.2) is 4.21 Å². The minimum atomic E-state index is -1.33. The Kier molecular flexibility index (Phi) is 5.35. The highest BCUT2D eigenvalue weighted by Gasteiger charge is 2.14. The lowest BCUT2D eigenvalue weighted by Crippen LogP contribution is -2.17. The lowest BCUT2D eigenvalue weighted by Gasteiger charge is -2.21. The molecule has 0 saturated carbocycles. The van der Waals surface area contributed by atoms with Gasteiger partial charge in [0.2, 0.25) is 0 Å². The molecule has 1 aliphatic heterocycles. The van der Waals surface area contributed by atoms with Crippen molar-refractivity contribution in [3.8, 4) is 0 Å². The van der Waals surface area contributed by atoms with Gasteiger partial charge in [-0.1, -0.05) is 17.7 Å². The van der Waals surface area contributed by atoms with Crippen molar-refractivity contribution in [1.82, 2.24) is 0 Å². The summed E-state index contributed by atoms with van der Waals surface area (Å²) in [6.45, 7) is 4.28. The average molecular weight is 268 g/mol. The molecule has 0 aromatic heterocycles. The van der Waals surface area contributed by atoms with Crippen LogP contribution in [0.1, 0.15) is 24.8 Å². The SMILES string of the molecule is Cc1ccc(S(=O)OCCC2CCOCC2)cc1. The maximum Gasteiger partial charge on any atom is 0.189 e. The van der Waals surface area contributed by atoms with E-state index < -0.39 is 11.1 Å². The molecule has 1 aliphatic rings. The molecule has 0 radical (unpaired) electrons. The average Bonchev–Trinajstić information content (AvgIpc) is 2.40. The maximum absolute atomic E-state index is 11.9. The third-order valence-electron chi connectivity index (χ3n) is 3.27. The van der Waals surface area contributed by atoms with Gasteiger partial charge >= 0.3 is 0 Å². The molecule has 18 heavy (non-hydrogen) atoms. The van der Waals surface area contributed by atoms with Crippen LogP contribution in [0.2, 0.25) is 0 Å². The van der Waals surface area contributed by atoms with E-state index >= 15 is 0 Å². The Hall–Kier alpha value is -0.710. The fraction of sp³-hybridized carbons (Fsp3) is 0.571. The monoisotopic (exact) mass is 268 g/mol. The zero-order chi connectivity index (χ0) is 12.8. The molecule has 2 rings (SSSR count). The first kappa shape index (κ1) is 13.7. The van der Waals surface area contributed by atoms with Gasteiger partial charge in [-0.3, -0.25) is 4.18 Å². The van der Waals surface area contributed by atoms with Gasteiger partial charge in [-0.2, -0.15) is 0 Å². The van der Waals surface area contributed by atoms with E-state index in [1.54, 1.807) is 0 Å². The Balaban J connectivity index is 1.72. The number of aryl methyl sites for hydroxylation is 1. The number of hydrogen-bond donors (Lipinski definition) is 0. The van der Waals surface area contributed by atoms with Gasteiger partial charge in [0.25, 0.3) is 0 Å². The Morgan fingerprint density at radius 1 is 1.28 bits per heavy atom. The number of ether oxygens (including phenoxy) is 1. The van der Waals surface area contributed by atoms with Crippen LogP contribution < -0.4 is 0 Å². The Morgan fingerprint density at radius 3 is 2.61 bits per heavy atom. The van der Waals surface area contributed by atoms with Gasteiger partial charge < -0.3 is 4.74 Å². The smallest absolute Gasteiger partial charge is 0.189 e. The van der Waals surface area contributed by atoms with Gasteiger partial charge in [0, 0.05) is 13.2 Å². The molecule has 0 spiro atoms. The largest absolute Gasteiger partial charge is 0.381 e. The van der Waals surface area contributed by atoms with Gasteiger partial charge in [0.1, 0.15) is 0 Å². The van der Waals surface area contributed by atoms with Crippen molar-refractivity contribution >= 4 is 11.1 Å². The summed E-state index contributed by atoms with van der Waals surface area (Å²) in [7, 11) is 0. The van der Waals surface area contributed by atoms with Crippen LogP contribution in [0.25, 0.3) is 0 Å². The molecule has 1 fully saturated rings. The topological polar surface area (TPSA) is 35.5 Å². The zero-order valence-electron chi connectivity index (χ0n) is 10.8. The van der Waals surface area contributed by atoms with Crippen LogP contribution in [0.5, 0.6) is 0 Å². The van der Waals surface area contributed by atoms with Crippen molar-refractivity contribution in [3.05, 3.63) is 29.8 Å². The van der Waals surface area contributed by atoms with Gasteiger partial charge in [-0.05, 0) is 44.2 Å². The summed E-state index contributed by atoms with van der Waals surface area (Å²) in [5, 5.41) is 0. The molecule has 1 heterocycles. The van der Waals surface area contributed by atoms with E-state index in [0.29, 0.717) is 12.5 Å². The van der Waals surface area contributed by atoms with Crippen molar-refractivity contribution in [1.29, 1.82) is 0 Å². The minimum absolute atomic E-state index is 0.561. The third kappa shape index (κ3) is 4.19. The molecule has 100 valence electrons. The fourth-order valence-electron chi connectivity index (χ4n) is 2.04. The van der Waals surface area contributed by atoms with Crippen LogP contribution in [-0.4, -0.2) is 24.0 Å². The third-order valence-corrected chi connectivity index (χ3v) is 4.31. The van der Waals surface area contributed by atoms with Crippen molar-refractivity contribution in [2.45, 2.75) is 31.1 Å². The van der Waals surface area contributed by atoms with E-state index in [9.17, 15) is 4.21 Å². The molecule has 1 unspecified atom stereocenters. The van der Waals surface area contributed by atoms with Gasteiger partial charge in [-0.15, -0.1) is 0 Å². The van der Waals surface area contributed by atoms with E-state index in [0.717, 1.165) is 42.9 Å². The second-order valence-electron chi connectivity index (χ2n) is 4.71. The Morgan fingerprint density at radius 2 is 1.94 bits per heavy atom. The first-order valence-corrected chi connectivity index (χ1v) is 7.52. The highest BCUT2D eigenvalue weighted by molar-refractivity contribution is 7.80. The van der Waals surface area contributed by atoms with Crippen LogP contribution in [-0.2, 0) is 20.0 Å². The van der Waals surface area contributed by atoms with Crippen molar-refractivity contribution in [2.75, 3.05) is 19.8 Å². The highest BCUT2D eigenvalue weighted by atomic mass is 32.2. The van der Waals surface area contributed by atoms with Crippen LogP contribution in [0.3, 0.4) is 0 Å². The Bertz CT molecular complexity index is 383. The zero-order valence-corrected chi connectivity index (χ0v) is 11.6. The van der Waals surface area contributed by atoms with E-state index in [4.69, 9.17) is 8.92 Å². The second-order valence-corrected chi connectivity index (χ2v) is 5.89. The molecule has 0 bridgehead atoms. The van der Waals surface area contributed by atoms with Crippen LogP contribution in [0.15, 0.2) is 29.2 Å². The minimum Gasteiger partial charge on any atom is -0.381 e. The molecule has 4 heteroatoms. The maximum atomic E-state index is 11.9. The molecule has 1 aromatic carbocycles. The summed E-state index contributed by atoms with van der Waals surface area (Å²) in [6, 6.07) is 7.63. The molecule has 0 N–H and O–H groups in total. The lowest BCUT2D eigenvalue weighted by atomic mass is 9.97. The first-order chi connectivity index (χ1) is 8.75. The molecule has 1 aromatic rings. The van der Waals surface area contributed by atoms with Crippen LogP contribution in [0, 0.1) is 12.8 Å². The van der Waals surface area contributed by atoms with E-state index in [1.807, 2.05) is 31.2 Å². The summed E-state index contributed by atoms with van der Waals surface area (Å²) in [6.07, 6.45) is 3.17. The standard InChI is InChI=1S/C14H20O3S/c1-12-2-4-14(5-3-12)18(15)17-11-8-13-6-9-16-10-7-13/h2-5,13H,6-11H2,1H3. The molecule has 1 saturated heterocycles. The van der Waals surface area contributed by atoms with Crippen molar-refractivity contribution in [2.24, 2.45) is 5.92 Å². The molecule has 0 aliphatic carbocycles. The van der Waals surface area contributed by atoms with Crippen molar-refractivity contribution < 1.29 is 13.1 Å². The summed E-state index contributed by atoms with van der Waals surface area (Å²) in [5.74, 6) is 0.661. The second kappa shape index (κ2) is 7.02. The number of hydrogen-bond acceptors (Lipinski definition) is 3. The molecule has 3 nitrogen and oxygen atoms in total.